The lowest BCUT2D eigenvalue weighted by Crippen LogP contribution is -2.37. The van der Waals surface area contributed by atoms with E-state index in [-0.39, 0.29) is 43.3 Å². The molecule has 0 bridgehead atoms. The number of amides is 1. The third-order valence-corrected chi connectivity index (χ3v) is 4.61. The number of alkyl halides is 4. The van der Waals surface area contributed by atoms with Gasteiger partial charge in [-0.05, 0) is 24.8 Å². The maximum Gasteiger partial charge on any atom is 0.314 e. The third kappa shape index (κ3) is 4.96. The summed E-state index contributed by atoms with van der Waals surface area (Å²) in [6, 6.07) is 2.49. The van der Waals surface area contributed by atoms with Crippen molar-refractivity contribution in [3.63, 3.8) is 0 Å². The van der Waals surface area contributed by atoms with E-state index in [0.29, 0.717) is 12.8 Å². The van der Waals surface area contributed by atoms with Crippen LogP contribution >= 0.6 is 0 Å². The molecule has 2 aromatic rings. The van der Waals surface area contributed by atoms with Crippen LogP contribution in [0.3, 0.4) is 0 Å². The molecule has 0 spiro atoms. The number of nitrogens with one attached hydrogen (secondary N) is 1. The number of aromatic nitrogens is 3. The maximum absolute atomic E-state index is 13.1. The lowest BCUT2D eigenvalue weighted by Gasteiger charge is -2.28. The predicted molar refractivity (Wildman–Crippen MR) is 88.9 cm³/mol. The van der Waals surface area contributed by atoms with E-state index in [1.165, 1.54) is 12.3 Å². The fraction of sp³-hybridized carbons (Fsp3) is 0.529. The number of pyridine rings is 1. The van der Waals surface area contributed by atoms with Crippen molar-refractivity contribution in [3.8, 4) is 11.5 Å². The quantitative estimate of drug-likeness (QED) is 0.751. The van der Waals surface area contributed by atoms with E-state index in [0.717, 1.165) is 10.6 Å². The molecule has 1 amide bonds. The first-order valence-corrected chi connectivity index (χ1v) is 8.70. The smallest absolute Gasteiger partial charge is 0.314 e. The third-order valence-electron chi connectivity index (χ3n) is 4.61. The molecule has 2 heterocycles. The van der Waals surface area contributed by atoms with Gasteiger partial charge in [0.25, 0.3) is 11.4 Å². The number of hydrogen-bond acceptors (Lipinski definition) is 5. The standard InChI is InChI=1S/C17H18F4N4O3/c18-14(19)16-24-23-15(28-16)11-3-6-25(13(27)7-11)9-12(26)22-8-10-1-4-17(20,21)5-2-10/h3,6-7,10,14H,1-2,4-5,8-9H2,(H,22,26). The molecule has 2 aromatic heterocycles. The zero-order valence-electron chi connectivity index (χ0n) is 14.7. The van der Waals surface area contributed by atoms with Crippen molar-refractivity contribution in [2.45, 2.75) is 44.6 Å². The second-order valence-electron chi connectivity index (χ2n) is 6.73. The minimum atomic E-state index is -2.92. The van der Waals surface area contributed by atoms with E-state index in [9.17, 15) is 27.2 Å². The second-order valence-corrected chi connectivity index (χ2v) is 6.73. The van der Waals surface area contributed by atoms with Gasteiger partial charge in [0.1, 0.15) is 6.54 Å². The van der Waals surface area contributed by atoms with Gasteiger partial charge in [0.15, 0.2) is 0 Å². The summed E-state index contributed by atoms with van der Waals surface area (Å²) in [6.45, 7) is 0.0221. The van der Waals surface area contributed by atoms with Gasteiger partial charge in [-0.3, -0.25) is 9.59 Å². The van der Waals surface area contributed by atoms with Gasteiger partial charge in [-0.15, -0.1) is 10.2 Å². The molecule has 0 atom stereocenters. The van der Waals surface area contributed by atoms with Gasteiger partial charge < -0.3 is 14.3 Å². The molecule has 0 aromatic carbocycles. The van der Waals surface area contributed by atoms with Crippen molar-refractivity contribution in [2.24, 2.45) is 5.92 Å². The zero-order chi connectivity index (χ0) is 20.3. The Hall–Kier alpha value is -2.72. The van der Waals surface area contributed by atoms with Crippen LogP contribution < -0.4 is 10.9 Å². The van der Waals surface area contributed by atoms with E-state index in [1.54, 1.807) is 0 Å². The van der Waals surface area contributed by atoms with Crippen LogP contribution in [0.4, 0.5) is 17.6 Å². The number of hydrogen-bond donors (Lipinski definition) is 1. The van der Waals surface area contributed by atoms with Crippen LogP contribution in [-0.4, -0.2) is 33.1 Å². The van der Waals surface area contributed by atoms with Crippen molar-refractivity contribution in [2.75, 3.05) is 6.54 Å². The Bertz CT molecular complexity index is 887. The Morgan fingerprint density at radius 2 is 2.04 bits per heavy atom. The average molecular weight is 402 g/mol. The summed E-state index contributed by atoms with van der Waals surface area (Å²) in [6.07, 6.45) is -1.29. The first kappa shape index (κ1) is 20.0. The number of carbonyl (C=O) groups excluding carboxylic acids is 1. The molecule has 1 saturated carbocycles. The van der Waals surface area contributed by atoms with E-state index in [1.807, 2.05) is 0 Å². The van der Waals surface area contributed by atoms with E-state index < -0.39 is 29.7 Å². The Morgan fingerprint density at radius 3 is 2.64 bits per heavy atom. The summed E-state index contributed by atoms with van der Waals surface area (Å²) in [7, 11) is 0. The molecule has 0 aliphatic heterocycles. The minimum Gasteiger partial charge on any atom is -0.415 e. The molecule has 0 unspecified atom stereocenters. The second kappa shape index (κ2) is 8.11. The van der Waals surface area contributed by atoms with Crippen molar-refractivity contribution < 1.29 is 26.8 Å². The highest BCUT2D eigenvalue weighted by atomic mass is 19.3. The van der Waals surface area contributed by atoms with Crippen LogP contribution in [0.2, 0.25) is 0 Å². The minimum absolute atomic E-state index is 0.00997. The van der Waals surface area contributed by atoms with Gasteiger partial charge >= 0.3 is 6.43 Å². The average Bonchev–Trinajstić information content (AvgIpc) is 3.13. The molecule has 11 heteroatoms. The van der Waals surface area contributed by atoms with Crippen LogP contribution in [0, 0.1) is 5.92 Å². The Balaban J connectivity index is 1.55. The van der Waals surface area contributed by atoms with Crippen LogP contribution in [-0.2, 0) is 11.3 Å². The number of rotatable bonds is 6. The fourth-order valence-corrected chi connectivity index (χ4v) is 2.98. The highest BCUT2D eigenvalue weighted by molar-refractivity contribution is 5.75. The van der Waals surface area contributed by atoms with E-state index >= 15 is 0 Å². The Morgan fingerprint density at radius 1 is 1.32 bits per heavy atom. The highest BCUT2D eigenvalue weighted by Gasteiger charge is 2.34. The predicted octanol–water partition coefficient (Wildman–Crippen LogP) is 2.78. The van der Waals surface area contributed by atoms with Gasteiger partial charge in [0.05, 0.1) is 0 Å². The summed E-state index contributed by atoms with van der Waals surface area (Å²) in [5, 5.41) is 9.29. The van der Waals surface area contributed by atoms with Gasteiger partial charge in [0, 0.05) is 37.2 Å². The van der Waals surface area contributed by atoms with E-state index in [4.69, 9.17) is 4.42 Å². The molecule has 0 saturated heterocycles. The topological polar surface area (TPSA) is 90.0 Å². The van der Waals surface area contributed by atoms with Gasteiger partial charge in [-0.2, -0.15) is 8.78 Å². The molecular formula is C17H18F4N4O3. The van der Waals surface area contributed by atoms with Crippen LogP contribution in [0.5, 0.6) is 0 Å². The molecule has 28 heavy (non-hydrogen) atoms. The van der Waals surface area contributed by atoms with Crippen molar-refractivity contribution in [3.05, 3.63) is 34.6 Å². The zero-order valence-corrected chi connectivity index (χ0v) is 14.7. The van der Waals surface area contributed by atoms with Crippen molar-refractivity contribution in [1.29, 1.82) is 0 Å². The number of carbonyl (C=O) groups is 1. The molecule has 1 N–H and O–H groups in total. The fourth-order valence-electron chi connectivity index (χ4n) is 2.98. The van der Waals surface area contributed by atoms with Crippen LogP contribution in [0.25, 0.3) is 11.5 Å². The molecule has 1 fully saturated rings. The van der Waals surface area contributed by atoms with Gasteiger partial charge in [-0.1, -0.05) is 0 Å². The molecule has 0 radical (unpaired) electrons. The normalized spacial score (nSPS) is 17.0. The summed E-state index contributed by atoms with van der Waals surface area (Å²) >= 11 is 0. The monoisotopic (exact) mass is 402 g/mol. The van der Waals surface area contributed by atoms with Crippen LogP contribution in [0.15, 0.2) is 27.5 Å². The summed E-state index contributed by atoms with van der Waals surface area (Å²) in [5.41, 5.74) is -0.397. The van der Waals surface area contributed by atoms with Crippen LogP contribution in [0.1, 0.15) is 38.0 Å². The first-order valence-electron chi connectivity index (χ1n) is 8.70. The van der Waals surface area contributed by atoms with E-state index in [2.05, 4.69) is 15.5 Å². The SMILES string of the molecule is O=C(Cn1ccc(-c2nnc(C(F)F)o2)cc1=O)NCC1CCC(F)(F)CC1. The highest BCUT2D eigenvalue weighted by Crippen LogP contribution is 2.35. The number of nitrogens with zero attached hydrogens (tertiary/aromatic N) is 3. The van der Waals surface area contributed by atoms with Crippen molar-refractivity contribution >= 4 is 5.91 Å². The lowest BCUT2D eigenvalue weighted by molar-refractivity contribution is -0.122. The summed E-state index contributed by atoms with van der Waals surface area (Å²) in [5.74, 6) is -4.13. The maximum atomic E-state index is 13.1. The summed E-state index contributed by atoms with van der Waals surface area (Å²) < 4.78 is 57.1. The molecule has 152 valence electrons. The molecule has 1 aliphatic carbocycles. The Kier molecular flexibility index (Phi) is 5.80. The molecular weight excluding hydrogens is 384 g/mol. The summed E-state index contributed by atoms with van der Waals surface area (Å²) in [4.78, 5) is 24.2. The largest absolute Gasteiger partial charge is 0.415 e. The lowest BCUT2D eigenvalue weighted by atomic mass is 9.87. The molecule has 7 nitrogen and oxygen atoms in total. The van der Waals surface area contributed by atoms with Gasteiger partial charge in [-0.25, -0.2) is 8.78 Å². The number of halogens is 4. The Labute approximate surface area is 156 Å². The first-order chi connectivity index (χ1) is 13.2. The molecule has 3 rings (SSSR count). The van der Waals surface area contributed by atoms with Crippen molar-refractivity contribution in [1.82, 2.24) is 20.1 Å². The molecule has 1 aliphatic rings. The van der Waals surface area contributed by atoms with Gasteiger partial charge in [0.2, 0.25) is 17.7 Å².